The van der Waals surface area contributed by atoms with Crippen molar-refractivity contribution in [3.05, 3.63) is 77.8 Å². The molecule has 33 heavy (non-hydrogen) atoms. The highest BCUT2D eigenvalue weighted by Gasteiger charge is 2.59. The molecule has 0 amide bonds. The number of H-pyrrole nitrogens is 1. The number of nitrogens with one attached hydrogen (secondary N) is 1. The summed E-state index contributed by atoms with van der Waals surface area (Å²) < 4.78 is 48.3. The molecule has 2 unspecified atom stereocenters. The Bertz CT molecular complexity index is 1250. The van der Waals surface area contributed by atoms with E-state index in [1.165, 1.54) is 6.33 Å². The van der Waals surface area contributed by atoms with Crippen LogP contribution in [-0.2, 0) is 18.4 Å². The van der Waals surface area contributed by atoms with Gasteiger partial charge in [-0.2, -0.15) is 13.2 Å². The monoisotopic (exact) mass is 454 g/mol. The van der Waals surface area contributed by atoms with Crippen LogP contribution in [-0.4, -0.2) is 38.1 Å². The number of rotatable bonds is 5. The van der Waals surface area contributed by atoms with Gasteiger partial charge in [0.1, 0.15) is 17.7 Å². The molecule has 2 aromatic heterocycles. The van der Waals surface area contributed by atoms with Gasteiger partial charge >= 0.3 is 6.18 Å². The van der Waals surface area contributed by atoms with Crippen molar-refractivity contribution < 1.29 is 23.0 Å². The molecule has 2 atom stereocenters. The third kappa shape index (κ3) is 3.82. The van der Waals surface area contributed by atoms with Crippen LogP contribution in [0.5, 0.6) is 5.75 Å². The Morgan fingerprint density at radius 3 is 2.70 bits per heavy atom. The molecule has 0 bridgehead atoms. The highest BCUT2D eigenvalue weighted by Crippen LogP contribution is 2.52. The van der Waals surface area contributed by atoms with E-state index in [2.05, 4.69) is 19.9 Å². The number of hydrogen-bond acceptors (Lipinski definition) is 5. The van der Waals surface area contributed by atoms with Crippen molar-refractivity contribution in [1.82, 2.24) is 15.0 Å². The third-order valence-electron chi connectivity index (χ3n) is 6.14. The summed E-state index contributed by atoms with van der Waals surface area (Å²) in [6, 6.07) is 6.93. The molecule has 0 spiro atoms. The van der Waals surface area contributed by atoms with Crippen LogP contribution in [0, 0.1) is 0 Å². The predicted molar refractivity (Wildman–Crippen MR) is 116 cm³/mol. The van der Waals surface area contributed by atoms with E-state index in [9.17, 15) is 18.3 Å². The summed E-state index contributed by atoms with van der Waals surface area (Å²) in [7, 11) is 0. The van der Waals surface area contributed by atoms with Crippen LogP contribution in [0.15, 0.2) is 60.3 Å². The average molecular weight is 454 g/mol. The van der Waals surface area contributed by atoms with Crippen LogP contribution in [0.2, 0.25) is 0 Å². The zero-order chi connectivity index (χ0) is 23.3. The molecule has 5 rings (SSSR count). The number of halogens is 3. The molecule has 2 aliphatic heterocycles. The minimum Gasteiger partial charge on any atom is -0.482 e. The van der Waals surface area contributed by atoms with E-state index in [-0.39, 0.29) is 0 Å². The smallest absolute Gasteiger partial charge is 0.417 e. The van der Waals surface area contributed by atoms with Crippen molar-refractivity contribution in [2.24, 2.45) is 4.99 Å². The normalized spacial score (nSPS) is 20.8. The van der Waals surface area contributed by atoms with E-state index in [1.54, 1.807) is 56.0 Å². The van der Waals surface area contributed by atoms with Gasteiger partial charge in [-0.1, -0.05) is 12.1 Å². The number of aliphatic hydroxyl groups is 1. The van der Waals surface area contributed by atoms with Crippen molar-refractivity contribution in [2.75, 3.05) is 0 Å². The summed E-state index contributed by atoms with van der Waals surface area (Å²) >= 11 is 0. The maximum atomic E-state index is 14.2. The fourth-order valence-electron chi connectivity index (χ4n) is 4.49. The number of nitrogens with zero attached hydrogens (tertiary/aromatic N) is 3. The molecule has 2 aliphatic rings. The molecule has 1 aromatic carbocycles. The lowest BCUT2D eigenvalue weighted by Crippen LogP contribution is -2.54. The van der Waals surface area contributed by atoms with Gasteiger partial charge in [0.15, 0.2) is 5.60 Å². The summed E-state index contributed by atoms with van der Waals surface area (Å²) in [6.07, 6.45) is 4.11. The minimum atomic E-state index is -4.86. The van der Waals surface area contributed by atoms with Gasteiger partial charge in [-0.05, 0) is 42.7 Å². The molecule has 9 heteroatoms. The first-order valence-corrected chi connectivity index (χ1v) is 10.4. The zero-order valence-electron chi connectivity index (χ0n) is 17.7. The van der Waals surface area contributed by atoms with Crippen LogP contribution in [0.25, 0.3) is 11.1 Å². The second-order valence-corrected chi connectivity index (χ2v) is 8.65. The highest BCUT2D eigenvalue weighted by molar-refractivity contribution is 5.80. The number of allylic oxidation sites excluding steroid dienone is 1. The first kappa shape index (κ1) is 21.4. The Morgan fingerprint density at radius 1 is 1.15 bits per heavy atom. The third-order valence-corrected chi connectivity index (χ3v) is 6.14. The molecular formula is C24H21F3N4O2. The highest BCUT2D eigenvalue weighted by atomic mass is 19.4. The molecule has 4 heterocycles. The van der Waals surface area contributed by atoms with E-state index in [0.29, 0.717) is 29.1 Å². The van der Waals surface area contributed by atoms with Crippen LogP contribution in [0.4, 0.5) is 13.2 Å². The van der Waals surface area contributed by atoms with Crippen LogP contribution < -0.4 is 4.74 Å². The molecule has 6 nitrogen and oxygen atoms in total. The van der Waals surface area contributed by atoms with Crippen molar-refractivity contribution >= 4 is 6.21 Å². The van der Waals surface area contributed by atoms with Gasteiger partial charge in [0.05, 0.1) is 11.9 Å². The standard InChI is InChI=1S/C24H21F3N4O2/c1-22(19-8-15(4-5-21(19)33-22)17-10-29-14-30-11-17)13-23(32,24(25,26)27)9-18-7-16-3-2-6-28-12-20(16)31-18/h2,4-8,10-12,14,31-32H,3,9,13H2,1H3. The second-order valence-electron chi connectivity index (χ2n) is 8.65. The summed E-state index contributed by atoms with van der Waals surface area (Å²) in [4.78, 5) is 15.0. The first-order chi connectivity index (χ1) is 15.7. The number of aromatic amines is 1. The molecule has 0 aliphatic carbocycles. The van der Waals surface area contributed by atoms with Crippen molar-refractivity contribution in [1.29, 1.82) is 0 Å². The lowest BCUT2D eigenvalue weighted by atomic mass is 9.76. The Labute approximate surface area is 187 Å². The van der Waals surface area contributed by atoms with Gasteiger partial charge in [0, 0.05) is 48.3 Å². The number of hydrogen-bond donors (Lipinski definition) is 2. The number of aromatic nitrogens is 3. The van der Waals surface area contributed by atoms with Gasteiger partial charge in [0.2, 0.25) is 0 Å². The Kier molecular flexibility index (Phi) is 4.89. The van der Waals surface area contributed by atoms with E-state index in [0.717, 1.165) is 16.7 Å². The number of ether oxygens (including phenoxy) is 1. The van der Waals surface area contributed by atoms with Gasteiger partial charge in [-0.15, -0.1) is 0 Å². The topological polar surface area (TPSA) is 83.4 Å². The van der Waals surface area contributed by atoms with Gasteiger partial charge < -0.3 is 14.8 Å². The fraction of sp³-hybridized carbons (Fsp3) is 0.292. The Morgan fingerprint density at radius 2 is 1.94 bits per heavy atom. The molecule has 2 N–H and O–H groups in total. The lowest BCUT2D eigenvalue weighted by molar-refractivity contribution is -0.276. The molecule has 0 saturated carbocycles. The Balaban J connectivity index is 1.44. The van der Waals surface area contributed by atoms with E-state index in [4.69, 9.17) is 4.74 Å². The van der Waals surface area contributed by atoms with Crippen molar-refractivity contribution in [3.8, 4) is 16.9 Å². The summed E-state index contributed by atoms with van der Waals surface area (Å²) in [5, 5.41) is 10.9. The van der Waals surface area contributed by atoms with Crippen LogP contribution in [0.1, 0.15) is 35.9 Å². The summed E-state index contributed by atoms with van der Waals surface area (Å²) in [6.45, 7) is 1.57. The number of alkyl halides is 3. The van der Waals surface area contributed by atoms with Crippen LogP contribution in [0.3, 0.4) is 0 Å². The van der Waals surface area contributed by atoms with Gasteiger partial charge in [-0.3, -0.25) is 4.99 Å². The second kappa shape index (κ2) is 7.55. The van der Waals surface area contributed by atoms with Crippen LogP contribution >= 0.6 is 0 Å². The Hall–Kier alpha value is -3.46. The molecule has 3 aromatic rings. The maximum absolute atomic E-state index is 14.2. The average Bonchev–Trinajstić information content (AvgIpc) is 3.00. The largest absolute Gasteiger partial charge is 0.482 e. The lowest BCUT2D eigenvalue weighted by Gasteiger charge is -2.46. The number of benzene rings is 1. The van der Waals surface area contributed by atoms with Gasteiger partial charge in [-0.25, -0.2) is 9.97 Å². The quantitative estimate of drug-likeness (QED) is 0.595. The molecule has 170 valence electrons. The maximum Gasteiger partial charge on any atom is 0.417 e. The molecule has 0 radical (unpaired) electrons. The minimum absolute atomic E-state index is 0.292. The SMILES string of the molecule is CC1(CC(O)(Cc2cc3c([nH]2)C=NC=CC3)C(F)(F)F)Oc2ccc(-c3cncnc3)cc21. The molecule has 0 fully saturated rings. The van der Waals surface area contributed by atoms with Crippen molar-refractivity contribution in [3.63, 3.8) is 0 Å². The fourth-order valence-corrected chi connectivity index (χ4v) is 4.49. The zero-order valence-corrected chi connectivity index (χ0v) is 17.7. The van der Waals surface area contributed by atoms with E-state index < -0.39 is 30.2 Å². The summed E-state index contributed by atoms with van der Waals surface area (Å²) in [5.74, 6) is 0.497. The number of aliphatic imine (C=N–C) groups is 1. The molecule has 0 saturated heterocycles. The summed E-state index contributed by atoms with van der Waals surface area (Å²) in [5.41, 5.74) is -0.431. The molecular weight excluding hydrogens is 433 g/mol. The first-order valence-electron chi connectivity index (χ1n) is 10.4. The van der Waals surface area contributed by atoms with E-state index >= 15 is 0 Å². The number of fused-ring (bicyclic) bond motifs is 2. The van der Waals surface area contributed by atoms with E-state index in [1.807, 2.05) is 6.08 Å². The van der Waals surface area contributed by atoms with Crippen molar-refractivity contribution in [2.45, 2.75) is 43.6 Å². The van der Waals surface area contributed by atoms with Gasteiger partial charge in [0.25, 0.3) is 0 Å². The predicted octanol–water partition coefficient (Wildman–Crippen LogP) is 4.49.